The first-order valence-corrected chi connectivity index (χ1v) is 26.5. The fraction of sp³-hybridized carbons (Fsp3) is 0.571. The third-order valence-corrected chi connectivity index (χ3v) is 13.1. The van der Waals surface area contributed by atoms with E-state index in [0.717, 1.165) is 12.1 Å². The average molecular weight is 1160 g/mol. The predicted octanol–water partition coefficient (Wildman–Crippen LogP) is -6.09. The molecule has 0 saturated carbocycles. The Labute approximate surface area is 468 Å². The fourth-order valence-corrected chi connectivity index (χ4v) is 8.80. The number of carbonyl (C=O) groups is 12. The number of nitrogens with one attached hydrogen (secondary N) is 10. The Morgan fingerprint density at radius 3 is 2.09 bits per heavy atom. The van der Waals surface area contributed by atoms with E-state index in [1.807, 2.05) is 0 Å². The number of aromatic hydroxyl groups is 1. The number of rotatable bonds is 30. The van der Waals surface area contributed by atoms with Crippen molar-refractivity contribution in [2.24, 2.45) is 11.5 Å². The highest BCUT2D eigenvalue weighted by atomic mass is 16.5. The third-order valence-electron chi connectivity index (χ3n) is 13.1. The van der Waals surface area contributed by atoms with Crippen molar-refractivity contribution in [3.63, 3.8) is 0 Å². The van der Waals surface area contributed by atoms with Crippen molar-refractivity contribution >= 4 is 83.4 Å². The van der Waals surface area contributed by atoms with Gasteiger partial charge in [0.05, 0.1) is 31.1 Å². The van der Waals surface area contributed by atoms with Gasteiger partial charge in [0, 0.05) is 50.7 Å². The Hall–Kier alpha value is -8.53. The van der Waals surface area contributed by atoms with Crippen molar-refractivity contribution in [2.75, 3.05) is 63.1 Å². The summed E-state index contributed by atoms with van der Waals surface area (Å²) in [5.41, 5.74) is 10.5. The van der Waals surface area contributed by atoms with Crippen molar-refractivity contribution in [3.05, 3.63) is 28.4 Å². The summed E-state index contributed by atoms with van der Waals surface area (Å²) in [4.78, 5) is 168. The first-order chi connectivity index (χ1) is 39.1. The Bertz CT molecular complexity index is 2640. The summed E-state index contributed by atoms with van der Waals surface area (Å²) in [6.45, 7) is -2.83. The molecule has 452 valence electrons. The van der Waals surface area contributed by atoms with Gasteiger partial charge in [0.25, 0.3) is 0 Å². The molecular weight excluding hydrogens is 1090 g/mol. The van der Waals surface area contributed by atoms with E-state index in [1.54, 1.807) is 0 Å². The lowest BCUT2D eigenvalue weighted by Gasteiger charge is -2.34. The zero-order valence-electron chi connectivity index (χ0n) is 44.8. The summed E-state index contributed by atoms with van der Waals surface area (Å²) < 4.78 is 1.36. The number of primary amides is 1. The molecule has 1 fully saturated rings. The van der Waals surface area contributed by atoms with E-state index in [9.17, 15) is 88.1 Å². The molecule has 3 heterocycles. The molecule has 1 unspecified atom stereocenters. The monoisotopic (exact) mass is 1160 g/mol. The smallest absolute Gasteiger partial charge is 0.245 e. The molecule has 1 aliphatic carbocycles. The number of aliphatic hydroxyl groups excluding tert-OH is 2. The second-order valence-corrected chi connectivity index (χ2v) is 19.3. The van der Waals surface area contributed by atoms with E-state index in [4.69, 9.17) is 11.5 Å². The van der Waals surface area contributed by atoms with E-state index < -0.39 is 132 Å². The maximum Gasteiger partial charge on any atom is 0.245 e. The van der Waals surface area contributed by atoms with Gasteiger partial charge in [-0.2, -0.15) is 0 Å². The molecule has 12 amide bonds. The standard InChI is InChI=1S/C49H73N15O18/c50-14-3-1-7-28(57-48(79)34(24-66)61-49(80)35-13-16-52-42-32(56-40(72)12-11-39(51)71)19-27-20-37(69)38(70)21-36(27)64(35)42)43(74)54-22-41(73)55-29(9-5-17-62(81)25-67)45(76)58-30-8-2-4-15-53-44(75)33(23-65)60-47(78)31(59-46(30)77)10-6-18-63(82)26-68/h19-21,25-26,28-31,33-35,52,65-66,69,81-82H,1-18,22-24,50H2,(H2,51,71)(H,53,75)(H,54,74)(H,55,73)(H,56,72)(H,57,79)(H,58,76)(H,59,77)(H,60,78)(H,61,80)/t28-,29-,30-,31-,33-,34-,35?/m0/s1. The number of carbonyl (C=O) groups excluding carboxylic acids is 12. The van der Waals surface area contributed by atoms with Crippen molar-refractivity contribution in [3.8, 4) is 17.0 Å². The summed E-state index contributed by atoms with van der Waals surface area (Å²) >= 11 is 0. The van der Waals surface area contributed by atoms with Crippen LogP contribution < -0.4 is 70.1 Å². The highest BCUT2D eigenvalue weighted by Gasteiger charge is 2.36. The van der Waals surface area contributed by atoms with Gasteiger partial charge in [0.15, 0.2) is 5.75 Å². The number of nitrogens with two attached hydrogens (primary N) is 2. The van der Waals surface area contributed by atoms with Gasteiger partial charge in [-0.25, -0.2) is 10.1 Å². The van der Waals surface area contributed by atoms with Gasteiger partial charge in [-0.1, -0.05) is 0 Å². The first kappa shape index (κ1) is 66.0. The quantitative estimate of drug-likeness (QED) is 0.0150. The lowest BCUT2D eigenvalue weighted by molar-refractivity contribution is -0.150. The second kappa shape index (κ2) is 33.3. The minimum Gasteiger partial charge on any atom is -0.504 e. The van der Waals surface area contributed by atoms with Crippen LogP contribution in [0.3, 0.4) is 0 Å². The summed E-state index contributed by atoms with van der Waals surface area (Å²) in [7, 11) is 0. The van der Waals surface area contributed by atoms with E-state index >= 15 is 0 Å². The molecule has 0 aromatic heterocycles. The third kappa shape index (κ3) is 20.2. The van der Waals surface area contributed by atoms with Gasteiger partial charge in [-0.3, -0.25) is 72.7 Å². The number of phenolic OH excluding ortho intramolecular Hbond substituents is 1. The number of fused-ring (bicyclic) bond motifs is 3. The summed E-state index contributed by atoms with van der Waals surface area (Å²) in [5, 5.41) is 75.9. The predicted molar refractivity (Wildman–Crippen MR) is 284 cm³/mol. The van der Waals surface area contributed by atoms with E-state index in [0.29, 0.717) is 11.5 Å². The number of phenols is 1. The molecule has 4 aliphatic rings. The summed E-state index contributed by atoms with van der Waals surface area (Å²) in [6.07, 6.45) is 0.0230. The summed E-state index contributed by atoms with van der Waals surface area (Å²) in [5.74, 6) is -9.15. The SMILES string of the molecule is NCCCC[C@H](NC(=O)[C@H](CO)NC(=O)C1CCNc2c(NC(=O)CCC(N)=O)cc3cc(O)c(=O)cc-3n21)C(=O)NCC(=O)N[C@@H](CCCN(O)C=O)C(=O)N[C@H]1CCCCNC(=O)[C@H](CO)NC(=O)[C@H](CCCN(O)C=O)NC1=O. The number of aromatic nitrogens is 1. The number of pyridine rings is 1. The molecule has 1 saturated heterocycles. The molecule has 4 rings (SSSR count). The number of hydrogen-bond donors (Lipinski definition) is 17. The number of aliphatic hydroxyl groups is 2. The Balaban J connectivity index is 1.50. The zero-order chi connectivity index (χ0) is 60.5. The van der Waals surface area contributed by atoms with Gasteiger partial charge in [-0.15, -0.1) is 0 Å². The molecule has 0 radical (unpaired) electrons. The van der Waals surface area contributed by atoms with Crippen LogP contribution in [0.1, 0.15) is 89.5 Å². The maximum absolute atomic E-state index is 14.1. The van der Waals surface area contributed by atoms with Gasteiger partial charge in [0.2, 0.25) is 77.3 Å². The van der Waals surface area contributed by atoms with E-state index in [2.05, 4.69) is 53.2 Å². The highest BCUT2D eigenvalue weighted by molar-refractivity contribution is 5.99. The van der Waals surface area contributed by atoms with Crippen LogP contribution in [-0.2, 0) is 57.5 Å². The molecule has 0 aromatic rings. The number of unbranched alkanes of at least 4 members (excludes halogenated alkanes) is 1. The molecule has 0 aromatic carbocycles. The summed E-state index contributed by atoms with van der Waals surface area (Å²) in [6, 6.07) is -6.44. The van der Waals surface area contributed by atoms with Gasteiger partial charge in [-0.05, 0) is 89.3 Å². The molecule has 82 heavy (non-hydrogen) atoms. The maximum atomic E-state index is 14.1. The van der Waals surface area contributed by atoms with Crippen LogP contribution >= 0.6 is 0 Å². The number of nitrogens with zero attached hydrogens (tertiary/aromatic N) is 3. The largest absolute Gasteiger partial charge is 0.504 e. The Morgan fingerprint density at radius 2 is 1.41 bits per heavy atom. The number of anilines is 2. The van der Waals surface area contributed by atoms with Crippen LogP contribution in [0.25, 0.3) is 11.3 Å². The molecule has 7 atom stereocenters. The van der Waals surface area contributed by atoms with Crippen LogP contribution in [0.2, 0.25) is 0 Å². The number of hydroxylamine groups is 4. The number of hydrogen-bond acceptors (Lipinski definition) is 20. The lowest BCUT2D eigenvalue weighted by atomic mass is 10.0. The van der Waals surface area contributed by atoms with Crippen molar-refractivity contribution in [2.45, 2.75) is 126 Å². The highest BCUT2D eigenvalue weighted by Crippen LogP contribution is 2.39. The van der Waals surface area contributed by atoms with Crippen molar-refractivity contribution in [1.29, 1.82) is 0 Å². The van der Waals surface area contributed by atoms with Crippen LogP contribution in [0, 0.1) is 0 Å². The molecule has 0 bridgehead atoms. The Morgan fingerprint density at radius 1 is 0.732 bits per heavy atom. The molecule has 3 aliphatic heterocycles. The number of amides is 12. The average Bonchev–Trinajstić information content (AvgIpc) is 1.58. The molecule has 19 N–H and O–H groups in total. The molecule has 0 spiro atoms. The van der Waals surface area contributed by atoms with E-state index in [1.165, 1.54) is 10.6 Å². The van der Waals surface area contributed by atoms with Crippen LogP contribution in [0.5, 0.6) is 5.75 Å². The first-order valence-electron chi connectivity index (χ1n) is 26.5. The zero-order valence-corrected chi connectivity index (χ0v) is 44.8. The second-order valence-electron chi connectivity index (χ2n) is 19.3. The van der Waals surface area contributed by atoms with Gasteiger partial charge in [0.1, 0.15) is 48.1 Å². The minimum atomic E-state index is -1.70. The fourth-order valence-electron chi connectivity index (χ4n) is 8.80. The van der Waals surface area contributed by atoms with Crippen LogP contribution in [0.4, 0.5) is 11.5 Å². The minimum absolute atomic E-state index is 0.0299. The molecule has 33 heteroatoms. The van der Waals surface area contributed by atoms with Crippen molar-refractivity contribution in [1.82, 2.24) is 57.2 Å². The normalized spacial score (nSPS) is 18.4. The van der Waals surface area contributed by atoms with Crippen molar-refractivity contribution < 1.29 is 83.3 Å². The Kier molecular flexibility index (Phi) is 26.8. The van der Waals surface area contributed by atoms with Crippen LogP contribution in [-0.4, -0.2) is 201 Å². The van der Waals surface area contributed by atoms with E-state index in [-0.39, 0.29) is 150 Å². The lowest BCUT2D eigenvalue weighted by Crippen LogP contribution is -2.59. The van der Waals surface area contributed by atoms with Gasteiger partial charge >= 0.3 is 0 Å². The number of benzene rings is 1. The molecular formula is C49H73N15O18. The van der Waals surface area contributed by atoms with Crippen LogP contribution in [0.15, 0.2) is 23.0 Å². The van der Waals surface area contributed by atoms with Gasteiger partial charge < -0.3 is 84.5 Å². The topological polar surface area (TPSA) is 507 Å². The molecule has 33 nitrogen and oxygen atoms in total.